The fraction of sp³-hybridized carbons (Fsp3) is 0.125. The Bertz CT molecular complexity index is 706. The molecule has 0 saturated heterocycles. The molecule has 1 heterocycles. The fourth-order valence-corrected chi connectivity index (χ4v) is 2.58. The number of anilines is 2. The molecule has 6 heteroatoms. The van der Waals surface area contributed by atoms with Gasteiger partial charge in [-0.2, -0.15) is 0 Å². The summed E-state index contributed by atoms with van der Waals surface area (Å²) in [4.78, 5) is 13.3. The van der Waals surface area contributed by atoms with Crippen LogP contribution in [0.15, 0.2) is 54.6 Å². The van der Waals surface area contributed by atoms with E-state index in [0.29, 0.717) is 10.9 Å². The van der Waals surface area contributed by atoms with Crippen LogP contribution in [-0.2, 0) is 4.79 Å². The highest BCUT2D eigenvalue weighted by molar-refractivity contribution is 7.80. The molecule has 2 aromatic carbocycles. The highest BCUT2D eigenvalue weighted by Gasteiger charge is 2.31. The van der Waals surface area contributed by atoms with E-state index < -0.39 is 12.0 Å². The first-order valence-electron chi connectivity index (χ1n) is 6.84. The molecule has 112 valence electrons. The zero-order valence-electron chi connectivity index (χ0n) is 11.7. The Labute approximate surface area is 133 Å². The number of carbonyl (C=O) groups is 1. The number of para-hydroxylation sites is 3. The van der Waals surface area contributed by atoms with Gasteiger partial charge in [-0.25, -0.2) is 0 Å². The Morgan fingerprint density at radius 3 is 2.59 bits per heavy atom. The van der Waals surface area contributed by atoms with Crippen molar-refractivity contribution in [3.05, 3.63) is 54.6 Å². The van der Waals surface area contributed by atoms with E-state index in [2.05, 4.69) is 5.32 Å². The summed E-state index contributed by atoms with van der Waals surface area (Å²) in [6, 6.07) is 17.0. The summed E-state index contributed by atoms with van der Waals surface area (Å²) in [5, 5.41) is 3.66. The molecule has 0 aliphatic carbocycles. The fourth-order valence-electron chi connectivity index (χ4n) is 2.29. The zero-order chi connectivity index (χ0) is 15.5. The first-order valence-corrected chi connectivity index (χ1v) is 7.24. The number of carbonyl (C=O) groups excluding carboxylic acids is 1. The number of nitrogens with zero attached hydrogens (tertiary/aromatic N) is 1. The van der Waals surface area contributed by atoms with Crippen molar-refractivity contribution in [2.75, 3.05) is 16.8 Å². The Kier molecular flexibility index (Phi) is 3.93. The summed E-state index contributed by atoms with van der Waals surface area (Å²) in [7, 11) is 0. The predicted molar refractivity (Wildman–Crippen MR) is 90.1 cm³/mol. The molecule has 1 unspecified atom stereocenters. The highest BCUT2D eigenvalue weighted by atomic mass is 32.1. The second kappa shape index (κ2) is 6.03. The van der Waals surface area contributed by atoms with Crippen LogP contribution in [0, 0.1) is 0 Å². The molecule has 0 fully saturated rings. The summed E-state index contributed by atoms with van der Waals surface area (Å²) in [5.74, 6) is 0.0803. The number of fused-ring (bicyclic) bond motifs is 1. The number of benzene rings is 2. The number of nitrogens with one attached hydrogen (secondary N) is 1. The summed E-state index contributed by atoms with van der Waals surface area (Å²) in [6.45, 7) is 0.283. The van der Waals surface area contributed by atoms with E-state index in [9.17, 15) is 4.79 Å². The van der Waals surface area contributed by atoms with Gasteiger partial charge in [-0.05, 0) is 36.5 Å². The number of ether oxygens (including phenoxy) is 1. The predicted octanol–water partition coefficient (Wildman–Crippen LogP) is 2.14. The Morgan fingerprint density at radius 1 is 1.18 bits per heavy atom. The van der Waals surface area contributed by atoms with Crippen molar-refractivity contribution in [3.63, 3.8) is 0 Å². The minimum atomic E-state index is -0.731. The van der Waals surface area contributed by atoms with Gasteiger partial charge in [-0.3, -0.25) is 4.79 Å². The molecule has 1 amide bonds. The third-order valence-electron chi connectivity index (χ3n) is 3.36. The molecule has 0 aromatic heterocycles. The maximum Gasteiger partial charge on any atom is 0.260 e. The highest BCUT2D eigenvalue weighted by Crippen LogP contribution is 2.33. The number of thiocarbonyl (C=S) groups is 1. The molecule has 3 N–H and O–H groups in total. The van der Waals surface area contributed by atoms with Gasteiger partial charge in [0.1, 0.15) is 5.75 Å². The van der Waals surface area contributed by atoms with Gasteiger partial charge in [0.15, 0.2) is 11.2 Å². The van der Waals surface area contributed by atoms with Gasteiger partial charge in [-0.1, -0.05) is 30.3 Å². The van der Waals surface area contributed by atoms with Crippen LogP contribution in [-0.4, -0.2) is 23.7 Å². The van der Waals surface area contributed by atoms with Crippen LogP contribution in [0.4, 0.5) is 11.4 Å². The average molecular weight is 313 g/mol. The SMILES string of the molecule is NC(=O)C1CN(C(=S)Nc2ccccc2)c2ccccc2O1. The van der Waals surface area contributed by atoms with Crippen LogP contribution in [0.3, 0.4) is 0 Å². The summed E-state index contributed by atoms with van der Waals surface area (Å²) in [6.07, 6.45) is -0.731. The second-order valence-corrected chi connectivity index (χ2v) is 5.27. The van der Waals surface area contributed by atoms with Crippen molar-refractivity contribution in [3.8, 4) is 5.75 Å². The lowest BCUT2D eigenvalue weighted by molar-refractivity contribution is -0.124. The van der Waals surface area contributed by atoms with Crippen LogP contribution in [0.1, 0.15) is 0 Å². The van der Waals surface area contributed by atoms with Crippen molar-refractivity contribution >= 4 is 34.6 Å². The minimum Gasteiger partial charge on any atom is -0.477 e. The Morgan fingerprint density at radius 2 is 1.86 bits per heavy atom. The maximum absolute atomic E-state index is 11.5. The second-order valence-electron chi connectivity index (χ2n) is 4.88. The molecule has 5 nitrogen and oxygen atoms in total. The van der Waals surface area contributed by atoms with Gasteiger partial charge in [0.2, 0.25) is 0 Å². The lowest BCUT2D eigenvalue weighted by Crippen LogP contribution is -2.50. The van der Waals surface area contributed by atoms with Gasteiger partial charge < -0.3 is 20.7 Å². The van der Waals surface area contributed by atoms with Crippen molar-refractivity contribution in [1.82, 2.24) is 0 Å². The van der Waals surface area contributed by atoms with Gasteiger partial charge in [0, 0.05) is 5.69 Å². The van der Waals surface area contributed by atoms with Gasteiger partial charge in [0.25, 0.3) is 5.91 Å². The van der Waals surface area contributed by atoms with E-state index in [1.807, 2.05) is 53.4 Å². The average Bonchev–Trinajstić information content (AvgIpc) is 2.54. The summed E-state index contributed by atoms with van der Waals surface area (Å²) in [5.41, 5.74) is 7.08. The number of amides is 1. The third-order valence-corrected chi connectivity index (χ3v) is 3.68. The summed E-state index contributed by atoms with van der Waals surface area (Å²) >= 11 is 5.48. The molecule has 1 aliphatic heterocycles. The lowest BCUT2D eigenvalue weighted by Gasteiger charge is -2.35. The first kappa shape index (κ1) is 14.3. The molecule has 2 aromatic rings. The topological polar surface area (TPSA) is 67.6 Å². The molecule has 1 atom stereocenters. The molecule has 1 aliphatic rings. The molecule has 0 bridgehead atoms. The number of hydrogen-bond donors (Lipinski definition) is 2. The van der Waals surface area contributed by atoms with E-state index in [-0.39, 0.29) is 6.54 Å². The van der Waals surface area contributed by atoms with Gasteiger partial charge in [0.05, 0.1) is 12.2 Å². The zero-order valence-corrected chi connectivity index (χ0v) is 12.5. The van der Waals surface area contributed by atoms with Crippen molar-refractivity contribution < 1.29 is 9.53 Å². The lowest BCUT2D eigenvalue weighted by atomic mass is 10.2. The third kappa shape index (κ3) is 2.87. The minimum absolute atomic E-state index is 0.283. The Balaban J connectivity index is 1.88. The molecular weight excluding hydrogens is 298 g/mol. The number of nitrogens with two attached hydrogens (primary N) is 1. The number of hydrogen-bond acceptors (Lipinski definition) is 3. The van der Waals surface area contributed by atoms with Crippen molar-refractivity contribution in [2.24, 2.45) is 5.73 Å². The number of primary amides is 1. The van der Waals surface area contributed by atoms with Gasteiger partial charge in [-0.15, -0.1) is 0 Å². The van der Waals surface area contributed by atoms with E-state index >= 15 is 0 Å². The normalized spacial score (nSPS) is 16.4. The summed E-state index contributed by atoms with van der Waals surface area (Å²) < 4.78 is 5.62. The van der Waals surface area contributed by atoms with Crippen molar-refractivity contribution in [1.29, 1.82) is 0 Å². The maximum atomic E-state index is 11.5. The van der Waals surface area contributed by atoms with Crippen LogP contribution in [0.2, 0.25) is 0 Å². The van der Waals surface area contributed by atoms with E-state index in [1.54, 1.807) is 6.07 Å². The van der Waals surface area contributed by atoms with Crippen molar-refractivity contribution in [2.45, 2.75) is 6.10 Å². The van der Waals surface area contributed by atoms with Gasteiger partial charge >= 0.3 is 0 Å². The van der Waals surface area contributed by atoms with Crippen LogP contribution in [0.5, 0.6) is 5.75 Å². The monoisotopic (exact) mass is 313 g/mol. The largest absolute Gasteiger partial charge is 0.477 e. The van der Waals surface area contributed by atoms with Crippen LogP contribution in [0.25, 0.3) is 0 Å². The molecule has 22 heavy (non-hydrogen) atoms. The quantitative estimate of drug-likeness (QED) is 0.832. The molecule has 0 radical (unpaired) electrons. The molecule has 0 saturated carbocycles. The van der Waals surface area contributed by atoms with E-state index in [0.717, 1.165) is 11.4 Å². The first-order chi connectivity index (χ1) is 10.6. The van der Waals surface area contributed by atoms with Crippen LogP contribution >= 0.6 is 12.2 Å². The molecule has 0 spiro atoms. The Hall–Kier alpha value is -2.60. The standard InChI is InChI=1S/C16H15N3O2S/c17-15(20)14-10-19(12-8-4-5-9-13(12)21-14)16(22)18-11-6-2-1-3-7-11/h1-9,14H,10H2,(H2,17,20)(H,18,22). The molecule has 3 rings (SSSR count). The van der Waals surface area contributed by atoms with Crippen LogP contribution < -0.4 is 20.7 Å². The smallest absolute Gasteiger partial charge is 0.260 e. The number of rotatable bonds is 2. The van der Waals surface area contributed by atoms with E-state index in [1.165, 1.54) is 0 Å². The van der Waals surface area contributed by atoms with E-state index in [4.69, 9.17) is 22.7 Å². The molecular formula is C16H15N3O2S.